The molecule has 0 aliphatic carbocycles. The summed E-state index contributed by atoms with van der Waals surface area (Å²) in [6, 6.07) is 19.0. The van der Waals surface area contributed by atoms with Crippen LogP contribution in [0.15, 0.2) is 60.7 Å². The van der Waals surface area contributed by atoms with Gasteiger partial charge in [0.1, 0.15) is 5.75 Å². The molecule has 0 spiro atoms. The van der Waals surface area contributed by atoms with E-state index in [9.17, 15) is 4.79 Å². The summed E-state index contributed by atoms with van der Waals surface area (Å²) in [6.07, 6.45) is 0. The van der Waals surface area contributed by atoms with Gasteiger partial charge in [0.2, 0.25) is 0 Å². The van der Waals surface area contributed by atoms with Gasteiger partial charge in [-0.25, -0.2) is 0 Å². The number of ether oxygens (including phenoxy) is 1. The quantitative estimate of drug-likeness (QED) is 0.400. The van der Waals surface area contributed by atoms with Crippen LogP contribution in [0.4, 0.5) is 5.82 Å². The van der Waals surface area contributed by atoms with Crippen molar-refractivity contribution >= 4 is 34.2 Å². The van der Waals surface area contributed by atoms with Crippen molar-refractivity contribution in [1.29, 1.82) is 0 Å². The average molecular weight is 420 g/mol. The van der Waals surface area contributed by atoms with E-state index in [2.05, 4.69) is 41.5 Å². The number of carbonyl (C=O) groups is 1. The third kappa shape index (κ3) is 3.89. The molecule has 30 heavy (non-hydrogen) atoms. The average Bonchev–Trinajstić information content (AvgIpc) is 3.15. The topological polar surface area (TPSA) is 67.0 Å². The zero-order valence-electron chi connectivity index (χ0n) is 17.0. The fourth-order valence-electron chi connectivity index (χ4n) is 3.40. The number of fused-ring (bicyclic) bond motifs is 1. The van der Waals surface area contributed by atoms with Crippen LogP contribution in [0.1, 0.15) is 35.7 Å². The molecule has 2 N–H and O–H groups in total. The molecule has 0 unspecified atom stereocenters. The van der Waals surface area contributed by atoms with Gasteiger partial charge in [-0.2, -0.15) is 5.10 Å². The summed E-state index contributed by atoms with van der Waals surface area (Å²) in [6.45, 7) is 4.33. The molecule has 0 aliphatic heterocycles. The smallest absolute Gasteiger partial charge is 0.256 e. The highest BCUT2D eigenvalue weighted by molar-refractivity contribution is 6.31. The van der Waals surface area contributed by atoms with E-state index in [0.29, 0.717) is 22.3 Å². The Kier molecular flexibility index (Phi) is 5.46. The molecule has 152 valence electrons. The maximum Gasteiger partial charge on any atom is 0.256 e. The van der Waals surface area contributed by atoms with E-state index >= 15 is 0 Å². The molecule has 0 saturated carbocycles. The number of nitrogens with one attached hydrogen (secondary N) is 2. The fourth-order valence-corrected chi connectivity index (χ4v) is 3.59. The second-order valence-electron chi connectivity index (χ2n) is 7.41. The van der Waals surface area contributed by atoms with E-state index in [1.807, 2.05) is 24.3 Å². The molecule has 3 aromatic carbocycles. The number of H-pyrrole nitrogens is 1. The fraction of sp³-hybridized carbons (Fsp3) is 0.167. The Morgan fingerprint density at radius 3 is 2.67 bits per heavy atom. The predicted octanol–water partition coefficient (Wildman–Crippen LogP) is 6.27. The van der Waals surface area contributed by atoms with Crippen LogP contribution < -0.4 is 10.1 Å². The summed E-state index contributed by atoms with van der Waals surface area (Å²) in [5.41, 5.74) is 4.57. The van der Waals surface area contributed by atoms with E-state index in [1.165, 1.54) is 5.56 Å². The van der Waals surface area contributed by atoms with Gasteiger partial charge in [-0.3, -0.25) is 9.89 Å². The van der Waals surface area contributed by atoms with Crippen LogP contribution in [-0.4, -0.2) is 23.2 Å². The molecule has 0 atom stereocenters. The van der Waals surface area contributed by atoms with Crippen molar-refractivity contribution in [1.82, 2.24) is 10.2 Å². The zero-order valence-corrected chi connectivity index (χ0v) is 17.7. The van der Waals surface area contributed by atoms with E-state index in [0.717, 1.165) is 27.8 Å². The molecule has 4 rings (SSSR count). The normalized spacial score (nSPS) is 11.1. The summed E-state index contributed by atoms with van der Waals surface area (Å²) in [5.74, 6) is 1.44. The third-order valence-corrected chi connectivity index (χ3v) is 5.32. The highest BCUT2D eigenvalue weighted by Gasteiger charge is 2.14. The summed E-state index contributed by atoms with van der Waals surface area (Å²) >= 11 is 5.98. The number of hydrogen-bond acceptors (Lipinski definition) is 3. The number of hydrogen-bond donors (Lipinski definition) is 2. The second-order valence-corrected chi connectivity index (χ2v) is 7.85. The van der Waals surface area contributed by atoms with Crippen molar-refractivity contribution in [2.24, 2.45) is 0 Å². The molecule has 0 bridgehead atoms. The number of anilines is 1. The van der Waals surface area contributed by atoms with Crippen LogP contribution in [-0.2, 0) is 0 Å². The molecule has 6 heteroatoms. The number of carbonyl (C=O) groups excluding carboxylic acids is 1. The zero-order chi connectivity index (χ0) is 21.3. The van der Waals surface area contributed by atoms with Crippen molar-refractivity contribution in [3.05, 3.63) is 76.8 Å². The molecular formula is C24H22ClN3O2. The van der Waals surface area contributed by atoms with Gasteiger partial charge in [0.05, 0.1) is 12.6 Å². The Balaban J connectivity index is 1.68. The standard InChI is InChI=1S/C24H22ClN3O2/c1-14(2)15-8-10-22(30-3)20(12-15)16-7-9-19-21(13-16)27-28-23(19)26-24(29)17-5-4-6-18(25)11-17/h4-14H,1-3H3,(H2,26,27,28,29). The largest absolute Gasteiger partial charge is 0.496 e. The number of aromatic amines is 1. The van der Waals surface area contributed by atoms with Crippen LogP contribution in [0.25, 0.3) is 22.0 Å². The van der Waals surface area contributed by atoms with Crippen LogP contribution in [0, 0.1) is 0 Å². The number of methoxy groups -OCH3 is 1. The highest BCUT2D eigenvalue weighted by atomic mass is 35.5. The lowest BCUT2D eigenvalue weighted by Gasteiger charge is -2.13. The molecule has 0 radical (unpaired) electrons. The lowest BCUT2D eigenvalue weighted by atomic mass is 9.96. The van der Waals surface area contributed by atoms with E-state index < -0.39 is 0 Å². The van der Waals surface area contributed by atoms with Crippen molar-refractivity contribution in [2.75, 3.05) is 12.4 Å². The Hall–Kier alpha value is -3.31. The number of amides is 1. The van der Waals surface area contributed by atoms with Gasteiger partial charge in [0.25, 0.3) is 5.91 Å². The number of halogens is 1. The first-order valence-electron chi connectivity index (χ1n) is 9.69. The molecule has 1 aromatic heterocycles. The molecule has 0 fully saturated rings. The Labute approximate surface area is 180 Å². The summed E-state index contributed by atoms with van der Waals surface area (Å²) in [5, 5.41) is 11.5. The van der Waals surface area contributed by atoms with Gasteiger partial charge in [-0.05, 0) is 59.5 Å². The molecular weight excluding hydrogens is 398 g/mol. The van der Waals surface area contributed by atoms with Crippen molar-refractivity contribution < 1.29 is 9.53 Å². The second kappa shape index (κ2) is 8.20. The minimum atomic E-state index is -0.263. The monoisotopic (exact) mass is 419 g/mol. The maximum absolute atomic E-state index is 12.5. The van der Waals surface area contributed by atoms with E-state index in [-0.39, 0.29) is 5.91 Å². The molecule has 1 amide bonds. The Bertz CT molecular complexity index is 1230. The van der Waals surface area contributed by atoms with Crippen LogP contribution >= 0.6 is 11.6 Å². The maximum atomic E-state index is 12.5. The SMILES string of the molecule is COc1ccc(C(C)C)cc1-c1ccc2c(NC(=O)c3cccc(Cl)c3)n[nH]c2c1. The number of benzene rings is 3. The van der Waals surface area contributed by atoms with Crippen molar-refractivity contribution in [3.63, 3.8) is 0 Å². The van der Waals surface area contributed by atoms with E-state index in [1.54, 1.807) is 31.4 Å². The first-order valence-corrected chi connectivity index (χ1v) is 10.1. The predicted molar refractivity (Wildman–Crippen MR) is 122 cm³/mol. The van der Waals surface area contributed by atoms with Gasteiger partial charge in [-0.15, -0.1) is 0 Å². The third-order valence-electron chi connectivity index (χ3n) is 5.08. The molecule has 0 saturated heterocycles. The minimum absolute atomic E-state index is 0.263. The van der Waals surface area contributed by atoms with Gasteiger partial charge in [0.15, 0.2) is 5.82 Å². The number of rotatable bonds is 5. The van der Waals surface area contributed by atoms with Gasteiger partial charge in [-0.1, -0.05) is 43.6 Å². The highest BCUT2D eigenvalue weighted by Crippen LogP contribution is 2.35. The lowest BCUT2D eigenvalue weighted by Crippen LogP contribution is -2.12. The van der Waals surface area contributed by atoms with Gasteiger partial charge < -0.3 is 10.1 Å². The minimum Gasteiger partial charge on any atom is -0.496 e. The van der Waals surface area contributed by atoms with Gasteiger partial charge >= 0.3 is 0 Å². The van der Waals surface area contributed by atoms with E-state index in [4.69, 9.17) is 16.3 Å². The molecule has 5 nitrogen and oxygen atoms in total. The van der Waals surface area contributed by atoms with Crippen LogP contribution in [0.2, 0.25) is 5.02 Å². The lowest BCUT2D eigenvalue weighted by molar-refractivity contribution is 0.102. The first-order chi connectivity index (χ1) is 14.5. The molecule has 0 aliphatic rings. The summed E-state index contributed by atoms with van der Waals surface area (Å²) in [7, 11) is 1.67. The van der Waals surface area contributed by atoms with Crippen LogP contribution in [0.3, 0.4) is 0 Å². The summed E-state index contributed by atoms with van der Waals surface area (Å²) < 4.78 is 5.57. The first kappa shape index (κ1) is 20.0. The Morgan fingerprint density at radius 1 is 1.10 bits per heavy atom. The molecule has 4 aromatic rings. The van der Waals surface area contributed by atoms with Crippen molar-refractivity contribution in [3.8, 4) is 16.9 Å². The summed E-state index contributed by atoms with van der Waals surface area (Å²) in [4.78, 5) is 12.5. The number of aromatic nitrogens is 2. The van der Waals surface area contributed by atoms with Crippen LogP contribution in [0.5, 0.6) is 5.75 Å². The molecule has 1 heterocycles. The number of nitrogens with zero attached hydrogens (tertiary/aromatic N) is 1. The Morgan fingerprint density at radius 2 is 1.93 bits per heavy atom. The van der Waals surface area contributed by atoms with Gasteiger partial charge in [0, 0.05) is 21.5 Å². The van der Waals surface area contributed by atoms with Crippen molar-refractivity contribution in [2.45, 2.75) is 19.8 Å².